The molecular formula is C20H15N5O4S. The number of thioether (sulfide) groups is 1. The molecule has 30 heavy (non-hydrogen) atoms. The van der Waals surface area contributed by atoms with Gasteiger partial charge >= 0.3 is 5.56 Å². The molecule has 0 bridgehead atoms. The fourth-order valence-electron chi connectivity index (χ4n) is 3.06. The quantitative estimate of drug-likeness (QED) is 0.494. The molecule has 3 heterocycles. The van der Waals surface area contributed by atoms with E-state index in [9.17, 15) is 9.59 Å². The predicted octanol–water partition coefficient (Wildman–Crippen LogP) is 2.34. The molecule has 9 nitrogen and oxygen atoms in total. The van der Waals surface area contributed by atoms with Crippen molar-refractivity contribution in [3.8, 4) is 17.2 Å². The molecule has 1 aliphatic rings. The molecular weight excluding hydrogens is 406 g/mol. The van der Waals surface area contributed by atoms with Crippen LogP contribution < -0.4 is 20.3 Å². The summed E-state index contributed by atoms with van der Waals surface area (Å²) in [6, 6.07) is 14.5. The maximum atomic E-state index is 12.7. The summed E-state index contributed by atoms with van der Waals surface area (Å²) in [5.41, 5.74) is 1.26. The third-order valence-corrected chi connectivity index (χ3v) is 5.41. The van der Waals surface area contributed by atoms with Gasteiger partial charge < -0.3 is 14.8 Å². The highest BCUT2D eigenvalue weighted by Crippen LogP contribution is 2.34. The van der Waals surface area contributed by atoms with Gasteiger partial charge in [0.05, 0.1) is 5.75 Å². The summed E-state index contributed by atoms with van der Waals surface area (Å²) in [4.78, 5) is 25.1. The third kappa shape index (κ3) is 3.37. The molecule has 150 valence electrons. The predicted molar refractivity (Wildman–Crippen MR) is 111 cm³/mol. The molecule has 0 fully saturated rings. The van der Waals surface area contributed by atoms with Gasteiger partial charge in [0.2, 0.25) is 18.3 Å². The Morgan fingerprint density at radius 3 is 2.77 bits per heavy atom. The van der Waals surface area contributed by atoms with Gasteiger partial charge in [0, 0.05) is 29.8 Å². The van der Waals surface area contributed by atoms with Gasteiger partial charge in [0.15, 0.2) is 16.7 Å². The van der Waals surface area contributed by atoms with Crippen molar-refractivity contribution < 1.29 is 14.3 Å². The Kier molecular flexibility index (Phi) is 4.60. The number of aromatic nitrogens is 4. The first kappa shape index (κ1) is 18.3. The number of ether oxygens (including phenoxy) is 2. The van der Waals surface area contributed by atoms with Crippen LogP contribution in [0.2, 0.25) is 0 Å². The molecule has 1 amide bonds. The van der Waals surface area contributed by atoms with E-state index in [4.69, 9.17) is 9.47 Å². The molecule has 1 N–H and O–H groups in total. The fourth-order valence-corrected chi connectivity index (χ4v) is 3.78. The van der Waals surface area contributed by atoms with E-state index in [1.807, 2.05) is 30.3 Å². The van der Waals surface area contributed by atoms with Crippen molar-refractivity contribution >= 4 is 29.0 Å². The lowest BCUT2D eigenvalue weighted by molar-refractivity contribution is -0.113. The summed E-state index contributed by atoms with van der Waals surface area (Å²) >= 11 is 1.19. The van der Waals surface area contributed by atoms with Crippen LogP contribution in [0.15, 0.2) is 70.9 Å². The topological polar surface area (TPSA) is 99.8 Å². The highest BCUT2D eigenvalue weighted by atomic mass is 32.2. The van der Waals surface area contributed by atoms with Crippen LogP contribution in [0.5, 0.6) is 11.5 Å². The van der Waals surface area contributed by atoms with Crippen LogP contribution in [-0.2, 0) is 4.79 Å². The van der Waals surface area contributed by atoms with Crippen molar-refractivity contribution in [2.45, 2.75) is 5.16 Å². The molecule has 0 aliphatic carbocycles. The summed E-state index contributed by atoms with van der Waals surface area (Å²) in [5, 5.41) is 11.3. The molecule has 0 spiro atoms. The van der Waals surface area contributed by atoms with Crippen LogP contribution in [0.3, 0.4) is 0 Å². The van der Waals surface area contributed by atoms with Crippen molar-refractivity contribution in [2.75, 3.05) is 17.9 Å². The molecule has 2 aromatic heterocycles. The van der Waals surface area contributed by atoms with Crippen LogP contribution in [0.25, 0.3) is 11.3 Å². The molecule has 10 heteroatoms. The second-order valence-electron chi connectivity index (χ2n) is 6.39. The minimum Gasteiger partial charge on any atom is -0.454 e. The van der Waals surface area contributed by atoms with Gasteiger partial charge in [-0.05, 0) is 24.3 Å². The van der Waals surface area contributed by atoms with E-state index < -0.39 is 0 Å². The monoisotopic (exact) mass is 421 g/mol. The number of amides is 1. The summed E-state index contributed by atoms with van der Waals surface area (Å²) in [6.07, 6.45) is 3.37. The Balaban J connectivity index is 1.30. The number of nitrogens with zero attached hydrogens (tertiary/aromatic N) is 4. The zero-order valence-corrected chi connectivity index (χ0v) is 16.3. The Labute approximate surface area is 174 Å². The Bertz CT molecular complexity index is 1300. The van der Waals surface area contributed by atoms with Crippen LogP contribution >= 0.6 is 11.8 Å². The Morgan fingerprint density at radius 1 is 1.07 bits per heavy atom. The smallest absolute Gasteiger partial charge is 0.300 e. The van der Waals surface area contributed by atoms with E-state index in [2.05, 4.69) is 15.5 Å². The second kappa shape index (κ2) is 7.56. The Morgan fingerprint density at radius 2 is 1.90 bits per heavy atom. The highest BCUT2D eigenvalue weighted by Gasteiger charge is 2.16. The summed E-state index contributed by atoms with van der Waals surface area (Å²) in [5.74, 6) is 1.14. The minimum absolute atomic E-state index is 0.108. The maximum absolute atomic E-state index is 12.7. The van der Waals surface area contributed by atoms with Gasteiger partial charge in [0.1, 0.15) is 0 Å². The molecule has 0 saturated heterocycles. The van der Waals surface area contributed by atoms with Crippen LogP contribution in [0, 0.1) is 0 Å². The molecule has 2 aromatic carbocycles. The molecule has 0 atom stereocenters. The van der Waals surface area contributed by atoms with E-state index in [0.717, 1.165) is 5.69 Å². The zero-order valence-electron chi connectivity index (χ0n) is 15.5. The maximum Gasteiger partial charge on any atom is 0.300 e. The first-order chi connectivity index (χ1) is 14.7. The fraction of sp³-hybridized carbons (Fsp3) is 0.100. The lowest BCUT2D eigenvalue weighted by Crippen LogP contribution is -2.20. The number of hydrogen-bond acceptors (Lipinski definition) is 7. The van der Waals surface area contributed by atoms with Crippen molar-refractivity contribution in [1.82, 2.24) is 19.2 Å². The van der Waals surface area contributed by atoms with Crippen LogP contribution in [0.4, 0.5) is 5.69 Å². The van der Waals surface area contributed by atoms with E-state index in [1.54, 1.807) is 35.0 Å². The summed E-state index contributed by atoms with van der Waals surface area (Å²) in [6.45, 7) is 0.175. The summed E-state index contributed by atoms with van der Waals surface area (Å²) in [7, 11) is 0. The largest absolute Gasteiger partial charge is 0.454 e. The van der Waals surface area contributed by atoms with E-state index >= 15 is 0 Å². The first-order valence-corrected chi connectivity index (χ1v) is 10.0. The average molecular weight is 421 g/mol. The molecule has 1 aliphatic heterocycles. The number of para-hydroxylation sites is 1. The van der Waals surface area contributed by atoms with Crippen molar-refractivity contribution in [3.63, 3.8) is 0 Å². The van der Waals surface area contributed by atoms with E-state index in [-0.39, 0.29) is 29.7 Å². The van der Waals surface area contributed by atoms with Gasteiger partial charge in [-0.25, -0.2) is 0 Å². The zero-order chi connectivity index (χ0) is 20.5. The van der Waals surface area contributed by atoms with E-state index in [0.29, 0.717) is 22.3 Å². The number of anilines is 1. The lowest BCUT2D eigenvalue weighted by atomic mass is 10.3. The van der Waals surface area contributed by atoms with Gasteiger partial charge in [-0.3, -0.25) is 18.6 Å². The average Bonchev–Trinajstić information content (AvgIpc) is 3.40. The highest BCUT2D eigenvalue weighted by molar-refractivity contribution is 7.99. The molecule has 5 rings (SSSR count). The number of nitrogens with one attached hydrogen (secondary N) is 1. The first-order valence-electron chi connectivity index (χ1n) is 9.03. The van der Waals surface area contributed by atoms with Gasteiger partial charge in [-0.1, -0.05) is 30.0 Å². The number of fused-ring (bicyclic) bond motifs is 2. The number of carbonyl (C=O) groups is 1. The van der Waals surface area contributed by atoms with Gasteiger partial charge in [0.25, 0.3) is 0 Å². The number of carbonyl (C=O) groups excluding carboxylic acids is 1. The molecule has 0 radical (unpaired) electrons. The van der Waals surface area contributed by atoms with Crippen LogP contribution in [-0.4, -0.2) is 37.6 Å². The van der Waals surface area contributed by atoms with E-state index in [1.165, 1.54) is 16.3 Å². The van der Waals surface area contributed by atoms with Gasteiger partial charge in [-0.15, -0.1) is 10.2 Å². The SMILES string of the molecule is O=C(CSc1nnc2c(=O)n(-c3ccccc3)ccn12)Nc1ccc2c(c1)OCO2. The van der Waals surface area contributed by atoms with Gasteiger partial charge in [-0.2, -0.15) is 0 Å². The van der Waals surface area contributed by atoms with Crippen molar-refractivity contribution in [2.24, 2.45) is 0 Å². The third-order valence-electron chi connectivity index (χ3n) is 4.46. The number of rotatable bonds is 5. The molecule has 4 aromatic rings. The second-order valence-corrected chi connectivity index (χ2v) is 7.33. The van der Waals surface area contributed by atoms with Crippen molar-refractivity contribution in [3.05, 3.63) is 71.3 Å². The standard InChI is InChI=1S/C20H15N5O4S/c26-17(21-13-6-7-15-16(10-13)29-12-28-15)11-30-20-23-22-18-19(27)24(8-9-25(18)20)14-4-2-1-3-5-14/h1-10H,11-12H2,(H,21,26). The number of hydrogen-bond donors (Lipinski definition) is 1. The van der Waals surface area contributed by atoms with Crippen LogP contribution in [0.1, 0.15) is 0 Å². The normalized spacial score (nSPS) is 12.3. The van der Waals surface area contributed by atoms with Crippen molar-refractivity contribution in [1.29, 1.82) is 0 Å². The lowest BCUT2D eigenvalue weighted by Gasteiger charge is -2.07. The molecule has 0 saturated carbocycles. The Hall–Kier alpha value is -3.79. The number of benzene rings is 2. The minimum atomic E-state index is -0.284. The summed E-state index contributed by atoms with van der Waals surface area (Å²) < 4.78 is 13.7. The molecule has 0 unspecified atom stereocenters.